The van der Waals surface area contributed by atoms with Crippen molar-refractivity contribution in [2.45, 2.75) is 26.1 Å². The van der Waals surface area contributed by atoms with Gasteiger partial charge in [-0.3, -0.25) is 4.79 Å². The third kappa shape index (κ3) is 2.34. The lowest BCUT2D eigenvalue weighted by Gasteiger charge is -2.16. The molecule has 98 valence electrons. The molecule has 2 atom stereocenters. The lowest BCUT2D eigenvalue weighted by atomic mass is 10.2. The summed E-state index contributed by atoms with van der Waals surface area (Å²) >= 11 is 0. The Hall–Kier alpha value is -1.53. The maximum atomic E-state index is 11.3. The van der Waals surface area contributed by atoms with Crippen molar-refractivity contribution in [2.24, 2.45) is 0 Å². The molecular weight excluding hydrogens is 234 g/mol. The highest BCUT2D eigenvalue weighted by molar-refractivity contribution is 5.94. The van der Waals surface area contributed by atoms with Gasteiger partial charge >= 0.3 is 0 Å². The van der Waals surface area contributed by atoms with Crippen molar-refractivity contribution in [3.63, 3.8) is 0 Å². The number of hydrogen-bond acceptors (Lipinski definition) is 6. The Morgan fingerprint density at radius 3 is 2.78 bits per heavy atom. The number of rotatable bonds is 3. The number of aliphatic hydroxyl groups excluding tert-OH is 1. The number of hydrogen-bond donors (Lipinski definition) is 1. The van der Waals surface area contributed by atoms with Gasteiger partial charge in [0.25, 0.3) is 0 Å². The Kier molecular flexibility index (Phi) is 3.58. The highest BCUT2D eigenvalue weighted by Gasteiger charge is 2.32. The van der Waals surface area contributed by atoms with Crippen LogP contribution in [0.3, 0.4) is 0 Å². The van der Waals surface area contributed by atoms with Crippen LogP contribution in [0.15, 0.2) is 6.20 Å². The molecule has 6 heteroatoms. The molecule has 0 unspecified atom stereocenters. The lowest BCUT2D eigenvalue weighted by molar-refractivity contribution is 0.0217. The number of Topliss-reactive ketones (excluding diaryl/α,β-unsaturated/α-hetero) is 1. The second kappa shape index (κ2) is 4.99. The van der Waals surface area contributed by atoms with Crippen molar-refractivity contribution in [1.82, 2.24) is 9.97 Å². The van der Waals surface area contributed by atoms with Gasteiger partial charge in [0, 0.05) is 26.4 Å². The minimum absolute atomic E-state index is 0.0460. The standard InChI is InChI=1S/C12H17N3O3/c1-7-9(8(2)16)4-13-12(14-7)15-5-10(17)11(6-15)18-3/h4,10-11,17H,5-6H2,1-3H3/t10-,11-/m0/s1. The number of aromatic nitrogens is 2. The predicted molar refractivity (Wildman–Crippen MR) is 65.8 cm³/mol. The molecule has 0 bridgehead atoms. The van der Waals surface area contributed by atoms with Crippen molar-refractivity contribution in [3.05, 3.63) is 17.5 Å². The molecule has 1 fully saturated rings. The number of β-amino-alcohol motifs (C(OH)–C–C–N with tert-alkyl or cyclic N) is 1. The fraction of sp³-hybridized carbons (Fsp3) is 0.583. The Balaban J connectivity index is 2.20. The summed E-state index contributed by atoms with van der Waals surface area (Å²) in [5.74, 6) is 0.478. The van der Waals surface area contributed by atoms with Crippen LogP contribution in [0.1, 0.15) is 23.0 Å². The monoisotopic (exact) mass is 251 g/mol. The van der Waals surface area contributed by atoms with E-state index in [2.05, 4.69) is 9.97 Å². The normalized spacial score (nSPS) is 23.4. The van der Waals surface area contributed by atoms with Gasteiger partial charge in [0.1, 0.15) is 6.10 Å². The highest BCUT2D eigenvalue weighted by atomic mass is 16.5. The summed E-state index contributed by atoms with van der Waals surface area (Å²) < 4.78 is 5.17. The van der Waals surface area contributed by atoms with E-state index in [-0.39, 0.29) is 11.9 Å². The number of methoxy groups -OCH3 is 1. The zero-order valence-corrected chi connectivity index (χ0v) is 10.8. The lowest BCUT2D eigenvalue weighted by Crippen LogP contribution is -2.25. The molecule has 1 aromatic heterocycles. The van der Waals surface area contributed by atoms with Crippen LogP contribution < -0.4 is 4.90 Å². The molecule has 1 saturated heterocycles. The minimum atomic E-state index is -0.536. The van der Waals surface area contributed by atoms with Crippen LogP contribution in [0.5, 0.6) is 0 Å². The first-order valence-corrected chi connectivity index (χ1v) is 5.83. The fourth-order valence-corrected chi connectivity index (χ4v) is 2.10. The molecule has 2 heterocycles. The smallest absolute Gasteiger partial charge is 0.225 e. The molecule has 0 aromatic carbocycles. The number of carbonyl (C=O) groups is 1. The molecule has 1 aliphatic rings. The summed E-state index contributed by atoms with van der Waals surface area (Å²) in [5, 5.41) is 9.76. The van der Waals surface area contributed by atoms with E-state index in [1.54, 1.807) is 14.0 Å². The van der Waals surface area contributed by atoms with Crippen LogP contribution >= 0.6 is 0 Å². The van der Waals surface area contributed by atoms with Gasteiger partial charge in [-0.2, -0.15) is 0 Å². The minimum Gasteiger partial charge on any atom is -0.388 e. The molecular formula is C12H17N3O3. The van der Waals surface area contributed by atoms with E-state index in [1.807, 2.05) is 4.90 Å². The number of aryl methyl sites for hydroxylation is 1. The zero-order valence-electron chi connectivity index (χ0n) is 10.8. The van der Waals surface area contributed by atoms with E-state index >= 15 is 0 Å². The van der Waals surface area contributed by atoms with Gasteiger partial charge in [0.2, 0.25) is 5.95 Å². The van der Waals surface area contributed by atoms with Crippen LogP contribution in [0.4, 0.5) is 5.95 Å². The second-order valence-corrected chi connectivity index (χ2v) is 4.47. The molecule has 18 heavy (non-hydrogen) atoms. The molecule has 1 aliphatic heterocycles. The topological polar surface area (TPSA) is 75.5 Å². The molecule has 0 spiro atoms. The van der Waals surface area contributed by atoms with Crippen LogP contribution in [0.2, 0.25) is 0 Å². The first kappa shape index (κ1) is 12.9. The van der Waals surface area contributed by atoms with E-state index in [0.717, 1.165) is 0 Å². The van der Waals surface area contributed by atoms with Gasteiger partial charge in [0.05, 0.1) is 17.4 Å². The Morgan fingerprint density at radius 2 is 2.28 bits per heavy atom. The number of nitrogens with zero attached hydrogens (tertiary/aromatic N) is 3. The average molecular weight is 251 g/mol. The molecule has 0 aliphatic carbocycles. The number of anilines is 1. The molecule has 0 radical (unpaired) electrons. The van der Waals surface area contributed by atoms with Crippen molar-refractivity contribution < 1.29 is 14.6 Å². The van der Waals surface area contributed by atoms with Crippen LogP contribution in [-0.4, -0.2) is 53.3 Å². The maximum Gasteiger partial charge on any atom is 0.225 e. The van der Waals surface area contributed by atoms with Crippen molar-refractivity contribution in [3.8, 4) is 0 Å². The number of carbonyl (C=O) groups excluding carboxylic acids is 1. The maximum absolute atomic E-state index is 11.3. The molecule has 2 rings (SSSR count). The van der Waals surface area contributed by atoms with Gasteiger partial charge in [-0.25, -0.2) is 9.97 Å². The predicted octanol–water partition coefficient (Wildman–Crippen LogP) is 0.184. The molecule has 0 saturated carbocycles. The quantitative estimate of drug-likeness (QED) is 0.773. The largest absolute Gasteiger partial charge is 0.388 e. The van der Waals surface area contributed by atoms with Crippen LogP contribution in [0.25, 0.3) is 0 Å². The third-order valence-corrected chi connectivity index (χ3v) is 3.17. The Labute approximate surface area is 106 Å². The van der Waals surface area contributed by atoms with Crippen LogP contribution in [-0.2, 0) is 4.74 Å². The second-order valence-electron chi connectivity index (χ2n) is 4.47. The van der Waals surface area contributed by atoms with Crippen LogP contribution in [0, 0.1) is 6.92 Å². The van der Waals surface area contributed by atoms with Gasteiger partial charge < -0.3 is 14.7 Å². The van der Waals surface area contributed by atoms with Gasteiger partial charge in [0.15, 0.2) is 5.78 Å². The summed E-state index contributed by atoms with van der Waals surface area (Å²) in [4.78, 5) is 21.6. The van der Waals surface area contributed by atoms with Crippen molar-refractivity contribution in [2.75, 3.05) is 25.1 Å². The molecule has 1 N–H and O–H groups in total. The summed E-state index contributed by atoms with van der Waals surface area (Å²) in [7, 11) is 1.57. The van der Waals surface area contributed by atoms with Crippen molar-refractivity contribution in [1.29, 1.82) is 0 Å². The summed E-state index contributed by atoms with van der Waals surface area (Å²) in [6.07, 6.45) is 0.778. The summed E-state index contributed by atoms with van der Waals surface area (Å²) in [6.45, 7) is 4.27. The molecule has 6 nitrogen and oxygen atoms in total. The van der Waals surface area contributed by atoms with Crippen molar-refractivity contribution >= 4 is 11.7 Å². The summed E-state index contributed by atoms with van der Waals surface area (Å²) in [5.41, 5.74) is 1.18. The Bertz CT molecular complexity index is 464. The average Bonchev–Trinajstić information content (AvgIpc) is 2.70. The number of ketones is 1. The fourth-order valence-electron chi connectivity index (χ4n) is 2.10. The Morgan fingerprint density at radius 1 is 1.56 bits per heavy atom. The number of ether oxygens (including phenoxy) is 1. The number of aliphatic hydroxyl groups is 1. The highest BCUT2D eigenvalue weighted by Crippen LogP contribution is 2.19. The molecule has 0 amide bonds. The van der Waals surface area contributed by atoms with E-state index in [0.29, 0.717) is 30.3 Å². The van der Waals surface area contributed by atoms with E-state index in [4.69, 9.17) is 4.74 Å². The van der Waals surface area contributed by atoms with E-state index < -0.39 is 6.10 Å². The van der Waals surface area contributed by atoms with E-state index in [1.165, 1.54) is 13.1 Å². The first-order chi connectivity index (χ1) is 8.52. The van der Waals surface area contributed by atoms with Gasteiger partial charge in [-0.15, -0.1) is 0 Å². The molecule has 1 aromatic rings. The SMILES string of the molecule is CO[C@H]1CN(c2ncc(C(C)=O)c(C)n2)C[C@@H]1O. The first-order valence-electron chi connectivity index (χ1n) is 5.83. The third-order valence-electron chi connectivity index (χ3n) is 3.17. The van der Waals surface area contributed by atoms with Gasteiger partial charge in [-0.1, -0.05) is 0 Å². The van der Waals surface area contributed by atoms with E-state index in [9.17, 15) is 9.90 Å². The zero-order chi connectivity index (χ0) is 13.3. The summed E-state index contributed by atoms with van der Waals surface area (Å²) in [6, 6.07) is 0. The van der Waals surface area contributed by atoms with Gasteiger partial charge in [-0.05, 0) is 13.8 Å².